The van der Waals surface area contributed by atoms with Gasteiger partial charge in [-0.05, 0) is 81.5 Å². The molecule has 5 rings (SSSR count). The van der Waals surface area contributed by atoms with Crippen LogP contribution < -0.4 is 9.64 Å². The first-order valence-electron chi connectivity index (χ1n) is 11.5. The van der Waals surface area contributed by atoms with E-state index in [1.807, 2.05) is 97.9 Å². The lowest BCUT2D eigenvalue weighted by molar-refractivity contribution is -0.113. The number of ether oxygens (including phenoxy) is 1. The summed E-state index contributed by atoms with van der Waals surface area (Å²) in [6.07, 6.45) is 3.89. The number of hydrogen-bond donors (Lipinski definition) is 0. The number of carbonyl (C=O) groups excluding carboxylic acids is 1. The summed E-state index contributed by atoms with van der Waals surface area (Å²) in [5.74, 6) is 0.731. The summed E-state index contributed by atoms with van der Waals surface area (Å²) in [6.45, 7) is 2.55. The number of rotatable bonds is 6. The average Bonchev–Trinajstić information content (AvgIpc) is 3.22. The molecule has 4 aromatic carbocycles. The summed E-state index contributed by atoms with van der Waals surface area (Å²) in [6, 6.07) is 34.2. The molecule has 0 N–H and O–H groups in total. The molecule has 1 heterocycles. The van der Waals surface area contributed by atoms with Crippen molar-refractivity contribution in [2.24, 2.45) is 0 Å². The second kappa shape index (κ2) is 10.2. The van der Waals surface area contributed by atoms with E-state index in [1.54, 1.807) is 4.90 Å². The molecule has 0 aliphatic carbocycles. The molecule has 0 saturated carbocycles. The van der Waals surface area contributed by atoms with Crippen LogP contribution in [0.25, 0.3) is 22.9 Å². The van der Waals surface area contributed by atoms with Crippen molar-refractivity contribution >= 4 is 39.3 Å². The molecular formula is C31H24BrNO2. The molecule has 35 heavy (non-hydrogen) atoms. The molecule has 3 nitrogen and oxygen atoms in total. The number of hydrogen-bond acceptors (Lipinski definition) is 2. The van der Waals surface area contributed by atoms with E-state index in [2.05, 4.69) is 40.2 Å². The lowest BCUT2D eigenvalue weighted by atomic mass is 10.0. The van der Waals surface area contributed by atoms with Crippen molar-refractivity contribution in [1.29, 1.82) is 0 Å². The minimum atomic E-state index is -0.0543. The summed E-state index contributed by atoms with van der Waals surface area (Å²) < 4.78 is 6.48. The van der Waals surface area contributed by atoms with Crippen LogP contribution in [0.4, 0.5) is 5.69 Å². The van der Waals surface area contributed by atoms with Crippen LogP contribution in [-0.4, -0.2) is 12.5 Å². The van der Waals surface area contributed by atoms with Gasteiger partial charge < -0.3 is 4.74 Å². The summed E-state index contributed by atoms with van der Waals surface area (Å²) >= 11 is 3.57. The second-order valence-corrected chi connectivity index (χ2v) is 9.03. The highest BCUT2D eigenvalue weighted by molar-refractivity contribution is 9.10. The third kappa shape index (κ3) is 4.84. The van der Waals surface area contributed by atoms with Crippen molar-refractivity contribution < 1.29 is 9.53 Å². The van der Waals surface area contributed by atoms with E-state index in [1.165, 1.54) is 0 Å². The molecule has 4 aromatic rings. The maximum atomic E-state index is 13.7. The molecule has 0 bridgehead atoms. The first kappa shape index (κ1) is 22.9. The largest absolute Gasteiger partial charge is 0.493 e. The zero-order chi connectivity index (χ0) is 24.2. The van der Waals surface area contributed by atoms with Gasteiger partial charge in [0, 0.05) is 11.3 Å². The van der Waals surface area contributed by atoms with Crippen LogP contribution >= 0.6 is 15.9 Å². The molecule has 0 unspecified atom stereocenters. The Labute approximate surface area is 214 Å². The zero-order valence-electron chi connectivity index (χ0n) is 19.3. The highest BCUT2D eigenvalue weighted by Gasteiger charge is 2.30. The minimum absolute atomic E-state index is 0.0543. The van der Waals surface area contributed by atoms with Crippen LogP contribution in [-0.2, 0) is 4.79 Å². The number of halogens is 1. The van der Waals surface area contributed by atoms with Crippen LogP contribution in [0.2, 0.25) is 0 Å². The normalized spacial score (nSPS) is 14.3. The molecule has 1 amide bonds. The van der Waals surface area contributed by atoms with Gasteiger partial charge in [-0.2, -0.15) is 0 Å². The fourth-order valence-electron chi connectivity index (χ4n) is 4.19. The predicted molar refractivity (Wildman–Crippen MR) is 147 cm³/mol. The Morgan fingerprint density at radius 2 is 1.43 bits per heavy atom. The number of amides is 1. The lowest BCUT2D eigenvalue weighted by Gasteiger charge is -2.21. The van der Waals surface area contributed by atoms with Gasteiger partial charge in [-0.15, -0.1) is 0 Å². The molecule has 0 aromatic heterocycles. The topological polar surface area (TPSA) is 29.5 Å². The van der Waals surface area contributed by atoms with E-state index < -0.39 is 0 Å². The minimum Gasteiger partial charge on any atom is -0.493 e. The van der Waals surface area contributed by atoms with E-state index in [-0.39, 0.29) is 5.91 Å². The van der Waals surface area contributed by atoms with Crippen molar-refractivity contribution in [2.75, 3.05) is 11.5 Å². The van der Waals surface area contributed by atoms with Crippen molar-refractivity contribution in [3.63, 3.8) is 0 Å². The predicted octanol–water partition coefficient (Wildman–Crippen LogP) is 7.99. The van der Waals surface area contributed by atoms with Gasteiger partial charge in [0.15, 0.2) is 0 Å². The van der Waals surface area contributed by atoms with E-state index in [4.69, 9.17) is 4.74 Å². The van der Waals surface area contributed by atoms with Crippen LogP contribution in [0, 0.1) is 0 Å². The van der Waals surface area contributed by atoms with Crippen LogP contribution in [0.3, 0.4) is 0 Å². The average molecular weight is 522 g/mol. The fraction of sp³-hybridized carbons (Fsp3) is 0.0645. The quantitative estimate of drug-likeness (QED) is 0.240. The monoisotopic (exact) mass is 521 g/mol. The van der Waals surface area contributed by atoms with Gasteiger partial charge in [0.25, 0.3) is 5.91 Å². The highest BCUT2D eigenvalue weighted by Crippen LogP contribution is 2.36. The Morgan fingerprint density at radius 1 is 0.800 bits per heavy atom. The van der Waals surface area contributed by atoms with E-state index >= 15 is 0 Å². The molecule has 1 aliphatic heterocycles. The number of anilines is 1. The van der Waals surface area contributed by atoms with Crippen molar-refractivity contribution in [2.45, 2.75) is 6.92 Å². The fourth-order valence-corrected chi connectivity index (χ4v) is 4.70. The van der Waals surface area contributed by atoms with Gasteiger partial charge in [-0.3, -0.25) is 9.69 Å². The standard InChI is InChI=1S/C31H24BrNO2/c1-2-35-30-18-13-22(20-28(30)32)19-26-21-29(25-11-7-4-8-12-25)33(31(26)34)27-16-14-24(15-17-27)23-9-5-3-6-10-23/h3-21H,2H2,1H3/b26-19+. The lowest BCUT2D eigenvalue weighted by Crippen LogP contribution is -2.24. The molecule has 0 spiro atoms. The summed E-state index contributed by atoms with van der Waals surface area (Å²) in [7, 11) is 0. The number of benzene rings is 4. The Hall–Kier alpha value is -3.89. The first-order chi connectivity index (χ1) is 17.1. The molecule has 172 valence electrons. The Kier molecular flexibility index (Phi) is 6.64. The summed E-state index contributed by atoms with van der Waals surface area (Å²) in [5.41, 5.74) is 6.50. The Balaban J connectivity index is 1.52. The first-order valence-corrected chi connectivity index (χ1v) is 12.3. The van der Waals surface area contributed by atoms with Gasteiger partial charge in [-0.25, -0.2) is 0 Å². The highest BCUT2D eigenvalue weighted by atomic mass is 79.9. The Bertz CT molecular complexity index is 1410. The van der Waals surface area contributed by atoms with Crippen LogP contribution in [0.15, 0.2) is 119 Å². The molecule has 0 radical (unpaired) electrons. The van der Waals surface area contributed by atoms with Crippen molar-refractivity contribution in [3.05, 3.63) is 130 Å². The third-order valence-corrected chi connectivity index (χ3v) is 6.48. The second-order valence-electron chi connectivity index (χ2n) is 8.17. The molecule has 0 fully saturated rings. The van der Waals surface area contributed by atoms with Gasteiger partial charge in [0.1, 0.15) is 5.75 Å². The Morgan fingerprint density at radius 3 is 2.06 bits per heavy atom. The summed E-state index contributed by atoms with van der Waals surface area (Å²) in [5, 5.41) is 0. The van der Waals surface area contributed by atoms with E-state index in [0.29, 0.717) is 12.2 Å². The zero-order valence-corrected chi connectivity index (χ0v) is 20.9. The van der Waals surface area contributed by atoms with Gasteiger partial charge in [0.2, 0.25) is 0 Å². The maximum Gasteiger partial charge on any atom is 0.262 e. The molecule has 1 aliphatic rings. The molecular weight excluding hydrogens is 498 g/mol. The smallest absolute Gasteiger partial charge is 0.262 e. The molecule has 0 atom stereocenters. The van der Waals surface area contributed by atoms with Crippen LogP contribution in [0.1, 0.15) is 18.1 Å². The van der Waals surface area contributed by atoms with Gasteiger partial charge in [-0.1, -0.05) is 78.9 Å². The molecule has 4 heteroatoms. The van der Waals surface area contributed by atoms with E-state index in [9.17, 15) is 4.79 Å². The van der Waals surface area contributed by atoms with Crippen LogP contribution in [0.5, 0.6) is 5.75 Å². The SMILES string of the molecule is CCOc1ccc(/C=C2\C=C(c3ccccc3)N(c3ccc(-c4ccccc4)cc3)C2=O)cc1Br. The maximum absolute atomic E-state index is 13.7. The van der Waals surface area contributed by atoms with Crippen molar-refractivity contribution in [3.8, 4) is 16.9 Å². The van der Waals surface area contributed by atoms with Gasteiger partial charge in [0.05, 0.1) is 16.8 Å². The van der Waals surface area contributed by atoms with Gasteiger partial charge >= 0.3 is 0 Å². The number of carbonyl (C=O) groups is 1. The summed E-state index contributed by atoms with van der Waals surface area (Å²) in [4.78, 5) is 15.5. The molecule has 0 saturated heterocycles. The number of nitrogens with zero attached hydrogens (tertiary/aromatic N) is 1. The third-order valence-electron chi connectivity index (χ3n) is 5.86. The van der Waals surface area contributed by atoms with E-state index in [0.717, 1.165) is 43.9 Å². The van der Waals surface area contributed by atoms with Crippen molar-refractivity contribution in [1.82, 2.24) is 0 Å².